The van der Waals surface area contributed by atoms with Gasteiger partial charge in [0.2, 0.25) is 5.91 Å². The van der Waals surface area contributed by atoms with Crippen LogP contribution in [0.4, 0.5) is 0 Å². The van der Waals surface area contributed by atoms with Gasteiger partial charge in [0.25, 0.3) is 0 Å². The van der Waals surface area contributed by atoms with Crippen molar-refractivity contribution in [3.05, 3.63) is 30.7 Å². The second kappa shape index (κ2) is 5.57. The molecule has 2 bridgehead atoms. The van der Waals surface area contributed by atoms with Crippen LogP contribution in [-0.2, 0) is 11.3 Å². The first kappa shape index (κ1) is 15.6. The van der Waals surface area contributed by atoms with Crippen molar-refractivity contribution in [2.45, 2.75) is 62.9 Å². The van der Waals surface area contributed by atoms with Gasteiger partial charge in [-0.2, -0.15) is 0 Å². The Morgan fingerprint density at radius 3 is 2.79 bits per heavy atom. The van der Waals surface area contributed by atoms with Crippen LogP contribution in [0.3, 0.4) is 0 Å². The third kappa shape index (κ3) is 2.50. The Kier molecular flexibility index (Phi) is 3.62. The fraction of sp³-hybridized carbons (Fsp3) is 0.556. The molecule has 24 heavy (non-hydrogen) atoms. The standard InChI is InChI=1S/C18H24N4O2/c1-12(19)17(23)22-14-2-3-15(22)9-18(24,8-14)11-21-7-5-13-4-6-20-10-16(13)21/h4-7,10,12,14-15,24H,2-3,8-9,11,19H2,1H3/t12-,14-,15+,18?/m1/s1. The Bertz CT molecular complexity index is 755. The molecule has 4 atom stereocenters. The minimum Gasteiger partial charge on any atom is -0.388 e. The summed E-state index contributed by atoms with van der Waals surface area (Å²) in [4.78, 5) is 18.5. The van der Waals surface area contributed by atoms with Gasteiger partial charge in [-0.05, 0) is 44.7 Å². The van der Waals surface area contributed by atoms with E-state index in [9.17, 15) is 9.90 Å². The topological polar surface area (TPSA) is 84.4 Å². The van der Waals surface area contributed by atoms with Crippen molar-refractivity contribution in [1.29, 1.82) is 0 Å². The smallest absolute Gasteiger partial charge is 0.239 e. The molecule has 2 aromatic heterocycles. The number of aromatic nitrogens is 2. The number of carbonyl (C=O) groups is 1. The van der Waals surface area contributed by atoms with Crippen molar-refractivity contribution in [2.24, 2.45) is 5.73 Å². The molecule has 2 aliphatic heterocycles. The fourth-order valence-electron chi connectivity index (χ4n) is 4.53. The molecule has 0 aliphatic carbocycles. The lowest BCUT2D eigenvalue weighted by Gasteiger charge is -2.44. The van der Waals surface area contributed by atoms with Crippen molar-refractivity contribution in [1.82, 2.24) is 14.5 Å². The first-order chi connectivity index (χ1) is 11.5. The number of nitrogens with two attached hydrogens (primary N) is 1. The molecule has 3 N–H and O–H groups in total. The Balaban J connectivity index is 1.56. The number of nitrogens with zero attached hydrogens (tertiary/aromatic N) is 3. The molecule has 0 aromatic carbocycles. The fourth-order valence-corrected chi connectivity index (χ4v) is 4.53. The van der Waals surface area contributed by atoms with Crippen LogP contribution in [0.2, 0.25) is 0 Å². The van der Waals surface area contributed by atoms with E-state index in [-0.39, 0.29) is 18.0 Å². The SMILES string of the molecule is C[C@@H](N)C(=O)N1[C@@H]2CC[C@H]1CC(O)(Cn1ccc3ccncc31)C2. The number of carbonyl (C=O) groups excluding carboxylic acids is 1. The normalized spacial score (nSPS) is 30.7. The van der Waals surface area contributed by atoms with Gasteiger partial charge in [0.15, 0.2) is 0 Å². The van der Waals surface area contributed by atoms with Gasteiger partial charge in [-0.25, -0.2) is 0 Å². The average molecular weight is 328 g/mol. The number of rotatable bonds is 3. The number of hydrogen-bond donors (Lipinski definition) is 2. The van der Waals surface area contributed by atoms with Gasteiger partial charge in [0, 0.05) is 29.9 Å². The van der Waals surface area contributed by atoms with Crippen LogP contribution in [0.1, 0.15) is 32.6 Å². The highest BCUT2D eigenvalue weighted by Crippen LogP contribution is 2.42. The van der Waals surface area contributed by atoms with E-state index in [4.69, 9.17) is 5.73 Å². The average Bonchev–Trinajstić information content (AvgIpc) is 3.06. The molecule has 128 valence electrons. The number of fused-ring (bicyclic) bond motifs is 3. The van der Waals surface area contributed by atoms with Gasteiger partial charge in [-0.15, -0.1) is 0 Å². The molecule has 0 radical (unpaired) electrons. The van der Waals surface area contributed by atoms with Crippen molar-refractivity contribution >= 4 is 16.8 Å². The zero-order valence-electron chi connectivity index (χ0n) is 13.9. The lowest BCUT2D eigenvalue weighted by molar-refractivity contribution is -0.143. The number of hydrogen-bond acceptors (Lipinski definition) is 4. The maximum Gasteiger partial charge on any atom is 0.239 e. The summed E-state index contributed by atoms with van der Waals surface area (Å²) < 4.78 is 2.07. The Labute approximate surface area is 141 Å². The third-order valence-electron chi connectivity index (χ3n) is 5.54. The monoisotopic (exact) mass is 328 g/mol. The predicted octanol–water partition coefficient (Wildman–Crippen LogP) is 1.27. The molecule has 2 aliphatic rings. The Morgan fingerprint density at radius 1 is 1.42 bits per heavy atom. The number of piperidine rings is 1. The van der Waals surface area contributed by atoms with Gasteiger partial charge in [0.1, 0.15) is 0 Å². The van der Waals surface area contributed by atoms with Gasteiger partial charge in [-0.1, -0.05) is 0 Å². The molecule has 1 amide bonds. The highest BCUT2D eigenvalue weighted by Gasteiger charge is 2.49. The number of amides is 1. The maximum atomic E-state index is 12.4. The van der Waals surface area contributed by atoms with E-state index in [1.807, 2.05) is 29.4 Å². The molecule has 2 saturated heterocycles. The van der Waals surface area contributed by atoms with Crippen molar-refractivity contribution in [2.75, 3.05) is 0 Å². The van der Waals surface area contributed by atoms with Crippen molar-refractivity contribution in [3.63, 3.8) is 0 Å². The molecule has 0 spiro atoms. The zero-order chi connectivity index (χ0) is 16.9. The minimum atomic E-state index is -0.789. The summed E-state index contributed by atoms with van der Waals surface area (Å²) in [5.74, 6) is 0.0140. The van der Waals surface area contributed by atoms with Gasteiger partial charge in [-0.3, -0.25) is 9.78 Å². The van der Waals surface area contributed by atoms with Gasteiger partial charge >= 0.3 is 0 Å². The summed E-state index contributed by atoms with van der Waals surface area (Å²) in [6.45, 7) is 2.27. The quantitative estimate of drug-likeness (QED) is 0.888. The van der Waals surface area contributed by atoms with Crippen LogP contribution < -0.4 is 5.73 Å². The minimum absolute atomic E-state index is 0.0140. The van der Waals surface area contributed by atoms with Gasteiger partial charge < -0.3 is 20.3 Å². The molecule has 2 aromatic rings. The summed E-state index contributed by atoms with van der Waals surface area (Å²) in [5.41, 5.74) is 6.04. The molecule has 6 nitrogen and oxygen atoms in total. The lowest BCUT2D eigenvalue weighted by Crippen LogP contribution is -2.57. The van der Waals surface area contributed by atoms with Crippen LogP contribution in [0.15, 0.2) is 30.7 Å². The van der Waals surface area contributed by atoms with E-state index in [2.05, 4.69) is 9.55 Å². The summed E-state index contributed by atoms with van der Waals surface area (Å²) in [5, 5.41) is 12.3. The van der Waals surface area contributed by atoms with E-state index in [0.717, 1.165) is 23.7 Å². The maximum absolute atomic E-state index is 12.4. The van der Waals surface area contributed by atoms with E-state index in [0.29, 0.717) is 19.4 Å². The summed E-state index contributed by atoms with van der Waals surface area (Å²) >= 11 is 0. The van der Waals surface area contributed by atoms with Crippen LogP contribution in [0.5, 0.6) is 0 Å². The highest BCUT2D eigenvalue weighted by atomic mass is 16.3. The first-order valence-corrected chi connectivity index (χ1v) is 8.66. The summed E-state index contributed by atoms with van der Waals surface area (Å²) in [7, 11) is 0. The summed E-state index contributed by atoms with van der Waals surface area (Å²) in [6, 6.07) is 3.76. The molecular weight excluding hydrogens is 304 g/mol. The summed E-state index contributed by atoms with van der Waals surface area (Å²) in [6.07, 6.45) is 8.76. The molecule has 4 heterocycles. The Morgan fingerprint density at radius 2 is 2.12 bits per heavy atom. The van der Waals surface area contributed by atoms with E-state index in [1.54, 1.807) is 13.1 Å². The number of pyridine rings is 1. The lowest BCUT2D eigenvalue weighted by atomic mass is 9.85. The van der Waals surface area contributed by atoms with E-state index >= 15 is 0 Å². The third-order valence-corrected chi connectivity index (χ3v) is 5.54. The number of aliphatic hydroxyl groups is 1. The van der Waals surface area contributed by atoms with E-state index < -0.39 is 11.6 Å². The van der Waals surface area contributed by atoms with Crippen molar-refractivity contribution in [3.8, 4) is 0 Å². The largest absolute Gasteiger partial charge is 0.388 e. The van der Waals surface area contributed by atoms with Crippen molar-refractivity contribution < 1.29 is 9.90 Å². The molecule has 1 unspecified atom stereocenters. The highest BCUT2D eigenvalue weighted by molar-refractivity contribution is 5.82. The molecule has 2 fully saturated rings. The molecule has 6 heteroatoms. The predicted molar refractivity (Wildman–Crippen MR) is 91.2 cm³/mol. The zero-order valence-corrected chi connectivity index (χ0v) is 13.9. The second-order valence-corrected chi connectivity index (χ2v) is 7.43. The van der Waals surface area contributed by atoms with Gasteiger partial charge in [0.05, 0.1) is 29.9 Å². The second-order valence-electron chi connectivity index (χ2n) is 7.43. The van der Waals surface area contributed by atoms with Crippen LogP contribution >= 0.6 is 0 Å². The molecule has 0 saturated carbocycles. The van der Waals surface area contributed by atoms with Crippen LogP contribution in [0.25, 0.3) is 10.9 Å². The first-order valence-electron chi connectivity index (χ1n) is 8.66. The van der Waals surface area contributed by atoms with Crippen LogP contribution in [-0.4, -0.2) is 49.2 Å². The van der Waals surface area contributed by atoms with Crippen LogP contribution in [0, 0.1) is 0 Å². The van der Waals surface area contributed by atoms with E-state index in [1.165, 1.54) is 0 Å². The Hall–Kier alpha value is -1.92. The molecular formula is C18H24N4O2. The molecule has 4 rings (SSSR count).